The molecule has 1 N–H and O–H groups in total. The first kappa shape index (κ1) is 17.5. The minimum atomic E-state index is -0.136. The summed E-state index contributed by atoms with van der Waals surface area (Å²) < 4.78 is 8.53. The van der Waals surface area contributed by atoms with Crippen molar-refractivity contribution in [2.45, 2.75) is 58.3 Å². The van der Waals surface area contributed by atoms with E-state index in [4.69, 9.17) is 4.74 Å². The smallest absolute Gasteiger partial charge is 0.0681 e. The first-order valence-electron chi connectivity index (χ1n) is 7.55. The molecule has 1 aliphatic heterocycles. The average Bonchev–Trinajstić information content (AvgIpc) is 2.55. The van der Waals surface area contributed by atoms with Gasteiger partial charge >= 0.3 is 0 Å². The van der Waals surface area contributed by atoms with Crippen molar-refractivity contribution >= 4 is 31.9 Å². The van der Waals surface area contributed by atoms with Crippen molar-refractivity contribution in [2.24, 2.45) is 5.92 Å². The SMILES string of the molecule is CCNC(c1ccc(Br)cc1Br)C1CC(C)(C)OC1(C)C. The lowest BCUT2D eigenvalue weighted by Gasteiger charge is -2.34. The van der Waals surface area contributed by atoms with E-state index in [9.17, 15) is 0 Å². The van der Waals surface area contributed by atoms with Crippen LogP contribution in [-0.4, -0.2) is 17.7 Å². The summed E-state index contributed by atoms with van der Waals surface area (Å²) in [6.07, 6.45) is 1.06. The van der Waals surface area contributed by atoms with Crippen LogP contribution in [0.25, 0.3) is 0 Å². The van der Waals surface area contributed by atoms with Gasteiger partial charge in [-0.15, -0.1) is 0 Å². The molecule has 1 fully saturated rings. The summed E-state index contributed by atoms with van der Waals surface area (Å²) in [7, 11) is 0. The highest BCUT2D eigenvalue weighted by atomic mass is 79.9. The molecule has 2 unspecified atom stereocenters. The van der Waals surface area contributed by atoms with Crippen molar-refractivity contribution in [3.05, 3.63) is 32.7 Å². The Hall–Kier alpha value is 0.1000. The first-order chi connectivity index (χ1) is 9.66. The molecular formula is C17H25Br2NO. The van der Waals surface area contributed by atoms with Crippen LogP contribution in [0.2, 0.25) is 0 Å². The van der Waals surface area contributed by atoms with Crippen LogP contribution >= 0.6 is 31.9 Å². The number of hydrogen-bond acceptors (Lipinski definition) is 2. The van der Waals surface area contributed by atoms with Gasteiger partial charge in [0, 0.05) is 20.9 Å². The minimum absolute atomic E-state index is 0.0658. The fraction of sp³-hybridized carbons (Fsp3) is 0.647. The van der Waals surface area contributed by atoms with E-state index in [1.54, 1.807) is 0 Å². The fourth-order valence-electron chi connectivity index (χ4n) is 3.57. The van der Waals surface area contributed by atoms with Gasteiger partial charge in [0.25, 0.3) is 0 Å². The lowest BCUT2D eigenvalue weighted by Crippen LogP contribution is -2.38. The van der Waals surface area contributed by atoms with E-state index in [0.29, 0.717) is 5.92 Å². The Labute approximate surface area is 145 Å². The van der Waals surface area contributed by atoms with E-state index in [2.05, 4.69) is 90.0 Å². The van der Waals surface area contributed by atoms with Gasteiger partial charge < -0.3 is 10.1 Å². The van der Waals surface area contributed by atoms with E-state index < -0.39 is 0 Å². The molecule has 0 saturated carbocycles. The summed E-state index contributed by atoms with van der Waals surface area (Å²) in [5, 5.41) is 3.67. The minimum Gasteiger partial charge on any atom is -0.369 e. The van der Waals surface area contributed by atoms with E-state index in [1.807, 2.05) is 0 Å². The third-order valence-electron chi connectivity index (χ3n) is 4.27. The van der Waals surface area contributed by atoms with E-state index >= 15 is 0 Å². The quantitative estimate of drug-likeness (QED) is 0.701. The molecule has 1 aliphatic rings. The average molecular weight is 419 g/mol. The van der Waals surface area contributed by atoms with Crippen molar-refractivity contribution < 1.29 is 4.74 Å². The lowest BCUT2D eigenvalue weighted by molar-refractivity contribution is -0.0778. The molecule has 4 heteroatoms. The molecule has 1 aromatic rings. The summed E-state index contributed by atoms with van der Waals surface area (Å²) in [6.45, 7) is 11.9. The van der Waals surface area contributed by atoms with Gasteiger partial charge in [0.05, 0.1) is 11.2 Å². The molecule has 1 aromatic carbocycles. The summed E-state index contributed by atoms with van der Waals surface area (Å²) in [5.41, 5.74) is 1.10. The van der Waals surface area contributed by atoms with E-state index in [1.165, 1.54) is 5.56 Å². The van der Waals surface area contributed by atoms with E-state index in [-0.39, 0.29) is 17.2 Å². The Bertz CT molecular complexity index is 514. The van der Waals surface area contributed by atoms with Crippen molar-refractivity contribution in [1.82, 2.24) is 5.32 Å². The molecule has 2 atom stereocenters. The highest BCUT2D eigenvalue weighted by Gasteiger charge is 2.49. The first-order valence-corrected chi connectivity index (χ1v) is 9.13. The molecule has 0 aliphatic carbocycles. The van der Waals surface area contributed by atoms with Crippen molar-refractivity contribution in [3.8, 4) is 0 Å². The number of ether oxygens (including phenoxy) is 1. The molecule has 21 heavy (non-hydrogen) atoms. The van der Waals surface area contributed by atoms with Gasteiger partial charge in [0.1, 0.15) is 0 Å². The molecule has 0 radical (unpaired) electrons. The van der Waals surface area contributed by atoms with Gasteiger partial charge in [-0.05, 0) is 58.4 Å². The molecule has 2 rings (SSSR count). The van der Waals surface area contributed by atoms with Crippen LogP contribution in [-0.2, 0) is 4.74 Å². The van der Waals surface area contributed by atoms with Crippen LogP contribution in [0.5, 0.6) is 0 Å². The van der Waals surface area contributed by atoms with Gasteiger partial charge in [-0.3, -0.25) is 0 Å². The van der Waals surface area contributed by atoms with Crippen LogP contribution in [0.1, 0.15) is 52.6 Å². The van der Waals surface area contributed by atoms with Crippen LogP contribution in [0.4, 0.5) is 0 Å². The number of hydrogen-bond donors (Lipinski definition) is 1. The molecule has 2 nitrogen and oxygen atoms in total. The number of benzene rings is 1. The lowest BCUT2D eigenvalue weighted by atomic mass is 9.79. The van der Waals surface area contributed by atoms with Gasteiger partial charge in [-0.25, -0.2) is 0 Å². The van der Waals surface area contributed by atoms with E-state index in [0.717, 1.165) is 21.9 Å². The second kappa shape index (κ2) is 6.31. The number of halogens is 2. The number of rotatable bonds is 4. The highest BCUT2D eigenvalue weighted by Crippen LogP contribution is 2.48. The molecule has 1 heterocycles. The Morgan fingerprint density at radius 1 is 1.29 bits per heavy atom. The summed E-state index contributed by atoms with van der Waals surface area (Å²) >= 11 is 7.25. The Balaban J connectivity index is 2.39. The maximum Gasteiger partial charge on any atom is 0.0681 e. The maximum atomic E-state index is 6.30. The van der Waals surface area contributed by atoms with Crippen LogP contribution in [0.3, 0.4) is 0 Å². The van der Waals surface area contributed by atoms with Crippen LogP contribution < -0.4 is 5.32 Å². The molecule has 0 bridgehead atoms. The van der Waals surface area contributed by atoms with Crippen LogP contribution in [0.15, 0.2) is 27.1 Å². The van der Waals surface area contributed by atoms with Crippen molar-refractivity contribution in [3.63, 3.8) is 0 Å². The second-order valence-electron chi connectivity index (χ2n) is 6.98. The Kier molecular flexibility index (Phi) is 5.24. The molecule has 0 aromatic heterocycles. The topological polar surface area (TPSA) is 21.3 Å². The maximum absolute atomic E-state index is 6.30. The fourth-order valence-corrected chi connectivity index (χ4v) is 4.86. The van der Waals surface area contributed by atoms with Gasteiger partial charge in [-0.2, -0.15) is 0 Å². The standard InChI is InChI=1S/C17H25Br2NO/c1-6-20-15(12-8-7-11(18)9-14(12)19)13-10-16(2,3)21-17(13,4)5/h7-9,13,15,20H,6,10H2,1-5H3. The molecule has 0 amide bonds. The van der Waals surface area contributed by atoms with Crippen molar-refractivity contribution in [1.29, 1.82) is 0 Å². The van der Waals surface area contributed by atoms with Gasteiger partial charge in [-0.1, -0.05) is 44.8 Å². The largest absolute Gasteiger partial charge is 0.369 e. The highest BCUT2D eigenvalue weighted by molar-refractivity contribution is 9.11. The van der Waals surface area contributed by atoms with Crippen molar-refractivity contribution in [2.75, 3.05) is 6.54 Å². The predicted molar refractivity (Wildman–Crippen MR) is 95.6 cm³/mol. The predicted octanol–water partition coefficient (Wildman–Crippen LogP) is 5.46. The zero-order chi connectivity index (χ0) is 15.8. The third kappa shape index (κ3) is 3.90. The van der Waals surface area contributed by atoms with Gasteiger partial charge in [0.15, 0.2) is 0 Å². The summed E-state index contributed by atoms with van der Waals surface area (Å²) in [6, 6.07) is 6.71. The molecule has 118 valence electrons. The molecule has 1 saturated heterocycles. The second-order valence-corrected chi connectivity index (χ2v) is 8.75. The van der Waals surface area contributed by atoms with Crippen LogP contribution in [0, 0.1) is 5.92 Å². The molecular weight excluding hydrogens is 394 g/mol. The zero-order valence-corrected chi connectivity index (χ0v) is 16.6. The summed E-state index contributed by atoms with van der Waals surface area (Å²) in [5.74, 6) is 0.435. The zero-order valence-electron chi connectivity index (χ0n) is 13.5. The Morgan fingerprint density at radius 3 is 2.43 bits per heavy atom. The Morgan fingerprint density at radius 2 is 1.95 bits per heavy atom. The van der Waals surface area contributed by atoms with Gasteiger partial charge in [0.2, 0.25) is 0 Å². The number of nitrogens with one attached hydrogen (secondary N) is 1. The monoisotopic (exact) mass is 417 g/mol. The molecule has 0 spiro atoms. The summed E-state index contributed by atoms with van der Waals surface area (Å²) in [4.78, 5) is 0. The normalized spacial score (nSPS) is 25.0. The third-order valence-corrected chi connectivity index (χ3v) is 5.45.